The van der Waals surface area contributed by atoms with E-state index in [0.29, 0.717) is 5.69 Å². The van der Waals surface area contributed by atoms with E-state index in [1.807, 2.05) is 67.6 Å². The highest BCUT2D eigenvalue weighted by Crippen LogP contribution is 2.60. The van der Waals surface area contributed by atoms with E-state index in [9.17, 15) is 19.2 Å². The van der Waals surface area contributed by atoms with E-state index >= 15 is 0 Å². The number of rotatable bonds is 5. The first-order chi connectivity index (χ1) is 17.4. The Balaban J connectivity index is 1.18. The average Bonchev–Trinajstić information content (AvgIpc) is 3.14. The fraction of sp³-hybridized carbons (Fsp3) is 0.241. The maximum absolute atomic E-state index is 13.5. The van der Waals surface area contributed by atoms with E-state index in [2.05, 4.69) is 5.32 Å². The van der Waals surface area contributed by atoms with Crippen molar-refractivity contribution in [3.8, 4) is 0 Å². The lowest BCUT2D eigenvalue weighted by molar-refractivity contribution is -0.154. The standard InChI is InChI=1S/C29H24N2O5/c1-16-10-12-17(13-11-16)30-22(32)15-36-23(33)14-31-28(34)26-24-18-6-2-3-7-19(18)25(27(26)29(31)35)21-9-5-4-8-20(21)24/h2-13,24-27H,14-15H2,1H3,(H,30,32)/t24?,25?,26-,27-/m0/s1. The third kappa shape index (κ3) is 3.42. The summed E-state index contributed by atoms with van der Waals surface area (Å²) in [4.78, 5) is 52.8. The number of hydrogen-bond donors (Lipinski definition) is 1. The van der Waals surface area contributed by atoms with Crippen molar-refractivity contribution >= 4 is 29.4 Å². The number of imide groups is 1. The van der Waals surface area contributed by atoms with Gasteiger partial charge >= 0.3 is 5.97 Å². The summed E-state index contributed by atoms with van der Waals surface area (Å²) in [6.45, 7) is 0.930. The van der Waals surface area contributed by atoms with Gasteiger partial charge in [-0.2, -0.15) is 0 Å². The van der Waals surface area contributed by atoms with Crippen LogP contribution in [0.25, 0.3) is 0 Å². The zero-order valence-electron chi connectivity index (χ0n) is 19.6. The quantitative estimate of drug-likeness (QED) is 0.447. The summed E-state index contributed by atoms with van der Waals surface area (Å²) in [5.74, 6) is -3.57. The number of ether oxygens (including phenoxy) is 1. The number of likely N-dealkylation sites (tertiary alicyclic amines) is 1. The van der Waals surface area contributed by atoms with Gasteiger partial charge in [0.1, 0.15) is 6.54 Å². The normalized spacial score (nSPS) is 23.1. The lowest BCUT2D eigenvalue weighted by atomic mass is 9.55. The van der Waals surface area contributed by atoms with Crippen LogP contribution in [0.5, 0.6) is 0 Å². The number of carbonyl (C=O) groups is 4. The highest BCUT2D eigenvalue weighted by atomic mass is 16.5. The summed E-state index contributed by atoms with van der Waals surface area (Å²) < 4.78 is 5.11. The fourth-order valence-corrected chi connectivity index (χ4v) is 6.05. The lowest BCUT2D eigenvalue weighted by Crippen LogP contribution is -2.41. The molecule has 1 saturated heterocycles. The molecule has 1 heterocycles. The summed E-state index contributed by atoms with van der Waals surface area (Å²) >= 11 is 0. The Bertz CT molecular complexity index is 1300. The summed E-state index contributed by atoms with van der Waals surface area (Å²) in [6, 6.07) is 23.1. The molecule has 0 radical (unpaired) electrons. The summed E-state index contributed by atoms with van der Waals surface area (Å²) in [6.07, 6.45) is 0. The van der Waals surface area contributed by atoms with Gasteiger partial charge in [-0.15, -0.1) is 0 Å². The highest BCUT2D eigenvalue weighted by molar-refractivity contribution is 6.09. The number of benzene rings is 3. The summed E-state index contributed by atoms with van der Waals surface area (Å²) in [7, 11) is 0. The molecule has 0 spiro atoms. The monoisotopic (exact) mass is 480 g/mol. The third-order valence-electron chi connectivity index (χ3n) is 7.53. The highest BCUT2D eigenvalue weighted by Gasteiger charge is 2.61. The van der Waals surface area contributed by atoms with Crippen molar-refractivity contribution in [2.45, 2.75) is 18.8 Å². The van der Waals surface area contributed by atoms with E-state index in [4.69, 9.17) is 4.74 Å². The molecule has 1 N–H and O–H groups in total. The van der Waals surface area contributed by atoms with Gasteiger partial charge in [0.15, 0.2) is 6.61 Å². The van der Waals surface area contributed by atoms with Crippen LogP contribution in [0.4, 0.5) is 5.69 Å². The molecule has 3 amide bonds. The molecule has 1 fully saturated rings. The van der Waals surface area contributed by atoms with Crippen molar-refractivity contribution in [2.24, 2.45) is 11.8 Å². The van der Waals surface area contributed by atoms with Gasteiger partial charge in [-0.05, 0) is 41.3 Å². The van der Waals surface area contributed by atoms with Crippen LogP contribution in [-0.2, 0) is 23.9 Å². The van der Waals surface area contributed by atoms with E-state index in [1.165, 1.54) is 0 Å². The predicted molar refractivity (Wildman–Crippen MR) is 131 cm³/mol. The van der Waals surface area contributed by atoms with E-state index < -0.39 is 36.9 Å². The minimum Gasteiger partial charge on any atom is -0.454 e. The smallest absolute Gasteiger partial charge is 0.326 e. The van der Waals surface area contributed by atoms with Crippen LogP contribution in [0, 0.1) is 18.8 Å². The molecule has 0 unspecified atom stereocenters. The SMILES string of the molecule is Cc1ccc(NC(=O)COC(=O)CN2C(=O)[C@H]3C4c5ccccc5C(c5ccccc54)[C@@H]3C2=O)cc1. The number of nitrogens with one attached hydrogen (secondary N) is 1. The minimum absolute atomic E-state index is 0.231. The number of aryl methyl sites for hydroxylation is 1. The largest absolute Gasteiger partial charge is 0.454 e. The van der Waals surface area contributed by atoms with E-state index in [0.717, 1.165) is 32.7 Å². The fourth-order valence-electron chi connectivity index (χ4n) is 6.05. The van der Waals surface area contributed by atoms with Crippen LogP contribution in [0.3, 0.4) is 0 Å². The van der Waals surface area contributed by atoms with Crippen LogP contribution >= 0.6 is 0 Å². The maximum Gasteiger partial charge on any atom is 0.326 e. The molecule has 0 aromatic heterocycles. The van der Waals surface area contributed by atoms with Gasteiger partial charge in [0, 0.05) is 17.5 Å². The first kappa shape index (κ1) is 22.2. The molecule has 7 heteroatoms. The Morgan fingerprint density at radius 3 is 1.72 bits per heavy atom. The molecule has 3 aromatic carbocycles. The maximum atomic E-state index is 13.5. The average molecular weight is 481 g/mol. The number of anilines is 1. The van der Waals surface area contributed by atoms with Gasteiger partial charge in [-0.1, -0.05) is 66.2 Å². The first-order valence-electron chi connectivity index (χ1n) is 12.0. The third-order valence-corrected chi connectivity index (χ3v) is 7.53. The Morgan fingerprint density at radius 1 is 0.778 bits per heavy atom. The van der Waals surface area contributed by atoms with Crippen LogP contribution < -0.4 is 5.32 Å². The van der Waals surface area contributed by atoms with Crippen molar-refractivity contribution < 1.29 is 23.9 Å². The van der Waals surface area contributed by atoms with Gasteiger partial charge < -0.3 is 10.1 Å². The molecule has 36 heavy (non-hydrogen) atoms. The molecular weight excluding hydrogens is 456 g/mol. The molecule has 1 aliphatic heterocycles. The zero-order valence-corrected chi connectivity index (χ0v) is 19.6. The van der Waals surface area contributed by atoms with E-state index in [-0.39, 0.29) is 23.7 Å². The molecule has 180 valence electrons. The van der Waals surface area contributed by atoms with Gasteiger partial charge in [-0.25, -0.2) is 0 Å². The molecule has 2 bridgehead atoms. The number of amides is 3. The van der Waals surface area contributed by atoms with Gasteiger partial charge in [0.05, 0.1) is 11.8 Å². The Morgan fingerprint density at radius 2 is 1.25 bits per heavy atom. The Labute approximate surface area is 208 Å². The van der Waals surface area contributed by atoms with Crippen molar-refractivity contribution in [1.29, 1.82) is 0 Å². The summed E-state index contributed by atoms with van der Waals surface area (Å²) in [5, 5.41) is 2.65. The van der Waals surface area contributed by atoms with Crippen LogP contribution in [0.1, 0.15) is 39.7 Å². The van der Waals surface area contributed by atoms with E-state index in [1.54, 1.807) is 12.1 Å². The summed E-state index contributed by atoms with van der Waals surface area (Å²) in [5.41, 5.74) is 5.92. The van der Waals surface area contributed by atoms with Gasteiger partial charge in [0.2, 0.25) is 11.8 Å². The molecule has 0 saturated carbocycles. The minimum atomic E-state index is -0.795. The van der Waals surface area contributed by atoms with Gasteiger partial charge in [0.25, 0.3) is 5.91 Å². The number of nitrogens with zero attached hydrogens (tertiary/aromatic N) is 1. The Hall–Kier alpha value is -4.26. The van der Waals surface area contributed by atoms with Gasteiger partial charge in [-0.3, -0.25) is 24.1 Å². The topological polar surface area (TPSA) is 92.8 Å². The number of esters is 1. The predicted octanol–water partition coefficient (Wildman–Crippen LogP) is 3.37. The molecule has 7 nitrogen and oxygen atoms in total. The molecular formula is C29H24N2O5. The second-order valence-corrected chi connectivity index (χ2v) is 9.60. The second-order valence-electron chi connectivity index (χ2n) is 9.60. The molecule has 3 aliphatic carbocycles. The number of hydrogen-bond acceptors (Lipinski definition) is 5. The molecule has 7 rings (SSSR count). The first-order valence-corrected chi connectivity index (χ1v) is 12.0. The molecule has 4 aliphatic rings. The second kappa shape index (κ2) is 8.45. The zero-order chi connectivity index (χ0) is 25.0. The lowest BCUT2D eigenvalue weighted by Gasteiger charge is -2.45. The Kier molecular flexibility index (Phi) is 5.21. The van der Waals surface area contributed by atoms with Crippen LogP contribution in [0.15, 0.2) is 72.8 Å². The van der Waals surface area contributed by atoms with Crippen molar-refractivity contribution in [3.63, 3.8) is 0 Å². The van der Waals surface area contributed by atoms with Crippen LogP contribution in [-0.4, -0.2) is 41.7 Å². The van der Waals surface area contributed by atoms with Crippen molar-refractivity contribution in [2.75, 3.05) is 18.5 Å². The van der Waals surface area contributed by atoms with Crippen LogP contribution in [0.2, 0.25) is 0 Å². The molecule has 3 aromatic rings. The molecule has 2 atom stereocenters. The van der Waals surface area contributed by atoms with Crippen molar-refractivity contribution in [1.82, 2.24) is 4.90 Å². The van der Waals surface area contributed by atoms with Crippen molar-refractivity contribution in [3.05, 3.63) is 101 Å². The number of carbonyl (C=O) groups excluding carboxylic acids is 4.